The number of hydrogen-bond donors (Lipinski definition) is 2. The molecule has 0 saturated heterocycles. The van der Waals surface area contributed by atoms with Gasteiger partial charge in [-0.3, -0.25) is 4.79 Å². The fourth-order valence-electron chi connectivity index (χ4n) is 4.58. The third-order valence-electron chi connectivity index (χ3n) is 6.36. The average molecular weight is 429 g/mol. The second-order valence-corrected chi connectivity index (χ2v) is 8.58. The van der Waals surface area contributed by atoms with Crippen molar-refractivity contribution in [1.29, 1.82) is 0 Å². The van der Waals surface area contributed by atoms with E-state index in [0.717, 1.165) is 35.6 Å². The van der Waals surface area contributed by atoms with Gasteiger partial charge in [0.15, 0.2) is 5.69 Å². The number of anilines is 1. The number of carbonyl (C=O) groups excluding carboxylic acids is 1. The molecule has 9 heteroatoms. The lowest BCUT2D eigenvalue weighted by Gasteiger charge is -2.13. The molecule has 4 aromatic rings. The first kappa shape index (κ1) is 19.0. The normalized spacial score (nSPS) is 17.5. The molecule has 9 nitrogen and oxygen atoms in total. The number of amides is 1. The van der Waals surface area contributed by atoms with Crippen molar-refractivity contribution in [2.24, 2.45) is 0 Å². The molecule has 1 atom stereocenters. The fraction of sp³-hybridized carbons (Fsp3) is 0.348. The highest BCUT2D eigenvalue weighted by atomic mass is 16.2. The Hall–Kier alpha value is -3.75. The number of rotatable bonds is 6. The van der Waals surface area contributed by atoms with Crippen LogP contribution < -0.4 is 10.6 Å². The number of pyridine rings is 2. The maximum Gasteiger partial charge on any atom is 0.273 e. The molecule has 4 heterocycles. The number of carbonyl (C=O) groups is 1. The van der Waals surface area contributed by atoms with Gasteiger partial charge in [0.2, 0.25) is 0 Å². The summed E-state index contributed by atoms with van der Waals surface area (Å²) >= 11 is 0. The van der Waals surface area contributed by atoms with Crippen molar-refractivity contribution in [3.8, 4) is 0 Å². The first-order valence-electron chi connectivity index (χ1n) is 11.0. The highest BCUT2D eigenvalue weighted by molar-refractivity contribution is 5.92. The highest BCUT2D eigenvalue weighted by Crippen LogP contribution is 2.40. The van der Waals surface area contributed by atoms with Crippen molar-refractivity contribution < 1.29 is 4.79 Å². The van der Waals surface area contributed by atoms with Crippen LogP contribution in [0, 0.1) is 0 Å². The molecule has 2 aliphatic rings. The quantitative estimate of drug-likeness (QED) is 0.490. The van der Waals surface area contributed by atoms with Crippen molar-refractivity contribution >= 4 is 17.4 Å². The Morgan fingerprint density at radius 3 is 2.91 bits per heavy atom. The lowest BCUT2D eigenvalue weighted by molar-refractivity contribution is 0.0931. The molecule has 1 saturated carbocycles. The summed E-state index contributed by atoms with van der Waals surface area (Å²) in [5, 5.41) is 14.4. The molecule has 32 heavy (non-hydrogen) atoms. The van der Waals surface area contributed by atoms with Crippen LogP contribution in [0.5, 0.6) is 0 Å². The minimum Gasteiger partial charge on any atom is -0.373 e. The van der Waals surface area contributed by atoms with Gasteiger partial charge < -0.3 is 15.0 Å². The third-order valence-corrected chi connectivity index (χ3v) is 6.36. The SMILES string of the molecule is CNc1nccc2c1CCC2NC(=O)c1cn(Cc2cn3cc(C4CC4)ccc3n2)nn1. The van der Waals surface area contributed by atoms with Gasteiger partial charge in [-0.05, 0) is 60.4 Å². The van der Waals surface area contributed by atoms with E-state index in [2.05, 4.69) is 53.6 Å². The minimum atomic E-state index is -0.221. The molecular weight excluding hydrogens is 404 g/mol. The van der Waals surface area contributed by atoms with Crippen LogP contribution in [0.3, 0.4) is 0 Å². The Balaban J connectivity index is 1.15. The lowest BCUT2D eigenvalue weighted by atomic mass is 10.1. The Kier molecular flexibility index (Phi) is 4.41. The van der Waals surface area contributed by atoms with E-state index in [1.54, 1.807) is 17.1 Å². The number of aromatic nitrogens is 6. The van der Waals surface area contributed by atoms with E-state index in [0.29, 0.717) is 18.2 Å². The van der Waals surface area contributed by atoms with Crippen LogP contribution in [0.2, 0.25) is 0 Å². The summed E-state index contributed by atoms with van der Waals surface area (Å²) in [5.41, 5.74) is 5.75. The molecule has 0 aromatic carbocycles. The topological polar surface area (TPSA) is 102 Å². The van der Waals surface area contributed by atoms with Crippen LogP contribution in [-0.2, 0) is 13.0 Å². The Labute approximate surface area is 184 Å². The first-order chi connectivity index (χ1) is 15.7. The molecule has 2 N–H and O–H groups in total. The number of nitrogens with one attached hydrogen (secondary N) is 2. The molecule has 162 valence electrons. The summed E-state index contributed by atoms with van der Waals surface area (Å²) in [6.45, 7) is 0.462. The fourth-order valence-corrected chi connectivity index (χ4v) is 4.58. The van der Waals surface area contributed by atoms with E-state index < -0.39 is 0 Å². The van der Waals surface area contributed by atoms with Gasteiger partial charge in [0.1, 0.15) is 11.5 Å². The molecule has 0 aliphatic heterocycles. The molecule has 2 aliphatic carbocycles. The van der Waals surface area contributed by atoms with E-state index in [1.807, 2.05) is 19.3 Å². The summed E-state index contributed by atoms with van der Waals surface area (Å²) < 4.78 is 3.73. The van der Waals surface area contributed by atoms with Gasteiger partial charge in [0.25, 0.3) is 5.91 Å². The molecule has 1 unspecified atom stereocenters. The molecular formula is C23H24N8O. The zero-order valence-electron chi connectivity index (χ0n) is 17.8. The standard InChI is InChI=1S/C23H24N8O/c1-24-22-18-5-6-19(17(18)8-9-25-22)27-23(32)20-13-31(29-28-20)12-16-11-30-10-15(14-2-3-14)4-7-21(30)26-16/h4,7-11,13-14,19H,2-3,5-6,12H2,1H3,(H,24,25)(H,27,32). The van der Waals surface area contributed by atoms with Crippen LogP contribution in [-0.4, -0.2) is 42.3 Å². The van der Waals surface area contributed by atoms with Gasteiger partial charge >= 0.3 is 0 Å². The number of fused-ring (bicyclic) bond motifs is 2. The molecule has 0 radical (unpaired) electrons. The van der Waals surface area contributed by atoms with Gasteiger partial charge in [-0.15, -0.1) is 5.10 Å². The summed E-state index contributed by atoms with van der Waals surface area (Å²) in [6.07, 6.45) is 11.9. The van der Waals surface area contributed by atoms with Crippen LogP contribution >= 0.6 is 0 Å². The minimum absolute atomic E-state index is 0.0446. The number of nitrogens with zero attached hydrogens (tertiary/aromatic N) is 6. The Bertz CT molecular complexity index is 1320. The first-order valence-corrected chi connectivity index (χ1v) is 11.0. The lowest BCUT2D eigenvalue weighted by Crippen LogP contribution is -2.27. The zero-order chi connectivity index (χ0) is 21.7. The predicted molar refractivity (Wildman–Crippen MR) is 119 cm³/mol. The van der Waals surface area contributed by atoms with E-state index >= 15 is 0 Å². The Morgan fingerprint density at radius 2 is 2.06 bits per heavy atom. The monoisotopic (exact) mass is 428 g/mol. The van der Waals surface area contributed by atoms with Gasteiger partial charge in [0.05, 0.1) is 24.5 Å². The van der Waals surface area contributed by atoms with Crippen LogP contribution in [0.15, 0.2) is 43.0 Å². The number of imidazole rings is 1. The van der Waals surface area contributed by atoms with Crippen LogP contribution in [0.1, 0.15) is 64.1 Å². The van der Waals surface area contributed by atoms with Gasteiger partial charge in [-0.25, -0.2) is 14.6 Å². The molecule has 1 fully saturated rings. The predicted octanol–water partition coefficient (Wildman–Crippen LogP) is 2.71. The van der Waals surface area contributed by atoms with Gasteiger partial charge in [0, 0.05) is 25.6 Å². The Morgan fingerprint density at radius 1 is 1.16 bits per heavy atom. The second kappa shape index (κ2) is 7.44. The summed E-state index contributed by atoms with van der Waals surface area (Å²) in [5.74, 6) is 1.36. The smallest absolute Gasteiger partial charge is 0.273 e. The summed E-state index contributed by atoms with van der Waals surface area (Å²) in [7, 11) is 1.86. The van der Waals surface area contributed by atoms with Crippen LogP contribution in [0.4, 0.5) is 5.82 Å². The van der Waals surface area contributed by atoms with Gasteiger partial charge in [-0.1, -0.05) is 11.3 Å². The van der Waals surface area contributed by atoms with Crippen molar-refractivity contribution in [3.63, 3.8) is 0 Å². The molecule has 0 spiro atoms. The summed E-state index contributed by atoms with van der Waals surface area (Å²) in [4.78, 5) is 21.8. The van der Waals surface area contributed by atoms with Gasteiger partial charge in [-0.2, -0.15) is 0 Å². The molecule has 4 aromatic heterocycles. The maximum absolute atomic E-state index is 12.8. The van der Waals surface area contributed by atoms with E-state index in [4.69, 9.17) is 0 Å². The molecule has 0 bridgehead atoms. The second-order valence-electron chi connectivity index (χ2n) is 8.58. The van der Waals surface area contributed by atoms with Crippen molar-refractivity contribution in [1.82, 2.24) is 34.7 Å². The average Bonchev–Trinajstić information content (AvgIpc) is 3.22. The number of hydrogen-bond acceptors (Lipinski definition) is 6. The van der Waals surface area contributed by atoms with E-state index in [1.165, 1.54) is 24.0 Å². The highest BCUT2D eigenvalue weighted by Gasteiger charge is 2.27. The summed E-state index contributed by atoms with van der Waals surface area (Å²) in [6, 6.07) is 6.16. The third kappa shape index (κ3) is 3.39. The maximum atomic E-state index is 12.8. The van der Waals surface area contributed by atoms with E-state index in [-0.39, 0.29) is 11.9 Å². The van der Waals surface area contributed by atoms with Crippen LogP contribution in [0.25, 0.3) is 5.65 Å². The molecule has 6 rings (SSSR count). The van der Waals surface area contributed by atoms with Crippen molar-refractivity contribution in [2.75, 3.05) is 12.4 Å². The largest absolute Gasteiger partial charge is 0.373 e. The zero-order valence-corrected chi connectivity index (χ0v) is 17.8. The van der Waals surface area contributed by atoms with Crippen molar-refractivity contribution in [3.05, 3.63) is 71.1 Å². The molecule has 1 amide bonds. The van der Waals surface area contributed by atoms with E-state index in [9.17, 15) is 4.79 Å². The van der Waals surface area contributed by atoms with Crippen molar-refractivity contribution in [2.45, 2.75) is 44.2 Å².